The summed E-state index contributed by atoms with van der Waals surface area (Å²) in [5.41, 5.74) is 0.156. The third-order valence-corrected chi connectivity index (χ3v) is 3.95. The Balaban J connectivity index is 1.60. The average molecular weight is 236 g/mol. The number of aromatic nitrogens is 2. The van der Waals surface area contributed by atoms with E-state index in [-0.39, 0.29) is 5.60 Å². The second kappa shape index (κ2) is 4.33. The normalized spacial score (nSPS) is 26.8. The lowest BCUT2D eigenvalue weighted by Crippen LogP contribution is -2.48. The van der Waals surface area contributed by atoms with Crippen LogP contribution in [0, 0.1) is 0 Å². The van der Waals surface area contributed by atoms with Gasteiger partial charge in [0.2, 0.25) is 0 Å². The molecule has 4 nitrogen and oxygen atoms in total. The van der Waals surface area contributed by atoms with Crippen molar-refractivity contribution in [2.75, 3.05) is 6.61 Å². The van der Waals surface area contributed by atoms with Gasteiger partial charge in [0.05, 0.1) is 24.6 Å². The van der Waals surface area contributed by atoms with E-state index in [1.165, 1.54) is 19.3 Å². The summed E-state index contributed by atoms with van der Waals surface area (Å²) in [6.07, 6.45) is 9.86. The topological polar surface area (TPSA) is 36.3 Å². The standard InChI is InChI=1S/C13H20N2O2/c1-2-15-10-12(9-14-15)17-11-4-7-16-13(8-11)5-3-6-13/h9-11H,2-8H2,1H3. The molecule has 94 valence electrons. The van der Waals surface area contributed by atoms with Gasteiger partial charge in [-0.25, -0.2) is 0 Å². The Labute approximate surface area is 102 Å². The fraction of sp³-hybridized carbons (Fsp3) is 0.769. The molecule has 1 aliphatic heterocycles. The highest BCUT2D eigenvalue weighted by Crippen LogP contribution is 2.43. The van der Waals surface area contributed by atoms with Crippen molar-refractivity contribution >= 4 is 0 Å². The average Bonchev–Trinajstić information content (AvgIpc) is 2.75. The highest BCUT2D eigenvalue weighted by Gasteiger charge is 2.43. The van der Waals surface area contributed by atoms with Crippen molar-refractivity contribution < 1.29 is 9.47 Å². The molecule has 1 aliphatic carbocycles. The molecule has 1 spiro atoms. The van der Waals surface area contributed by atoms with Crippen molar-refractivity contribution in [3.63, 3.8) is 0 Å². The maximum absolute atomic E-state index is 6.01. The highest BCUT2D eigenvalue weighted by molar-refractivity contribution is 5.12. The van der Waals surface area contributed by atoms with E-state index in [0.717, 1.165) is 31.7 Å². The minimum atomic E-state index is 0.156. The van der Waals surface area contributed by atoms with E-state index in [1.807, 2.05) is 17.1 Å². The molecule has 3 rings (SSSR count). The fourth-order valence-corrected chi connectivity index (χ4v) is 2.77. The molecule has 2 aliphatic rings. The van der Waals surface area contributed by atoms with E-state index in [2.05, 4.69) is 12.0 Å². The minimum Gasteiger partial charge on any atom is -0.487 e. The summed E-state index contributed by atoms with van der Waals surface area (Å²) in [4.78, 5) is 0. The van der Waals surface area contributed by atoms with Crippen LogP contribution in [0.15, 0.2) is 12.4 Å². The van der Waals surface area contributed by atoms with Gasteiger partial charge in [-0.15, -0.1) is 0 Å². The van der Waals surface area contributed by atoms with Crippen LogP contribution in [0.5, 0.6) is 5.75 Å². The molecular formula is C13H20N2O2. The van der Waals surface area contributed by atoms with Crippen molar-refractivity contribution in [2.45, 2.75) is 57.3 Å². The van der Waals surface area contributed by atoms with Gasteiger partial charge in [0.1, 0.15) is 6.10 Å². The summed E-state index contributed by atoms with van der Waals surface area (Å²) < 4.78 is 13.8. The third-order valence-electron chi connectivity index (χ3n) is 3.95. The van der Waals surface area contributed by atoms with Crippen LogP contribution in [-0.4, -0.2) is 28.1 Å². The van der Waals surface area contributed by atoms with E-state index >= 15 is 0 Å². The lowest BCUT2D eigenvalue weighted by Gasteiger charge is -2.46. The second-order valence-electron chi connectivity index (χ2n) is 5.15. The van der Waals surface area contributed by atoms with Crippen LogP contribution < -0.4 is 4.74 Å². The second-order valence-corrected chi connectivity index (χ2v) is 5.15. The molecule has 0 N–H and O–H groups in total. The van der Waals surface area contributed by atoms with E-state index in [4.69, 9.17) is 9.47 Å². The van der Waals surface area contributed by atoms with Gasteiger partial charge in [0.25, 0.3) is 0 Å². The Bertz CT molecular complexity index is 385. The van der Waals surface area contributed by atoms with Gasteiger partial charge in [-0.2, -0.15) is 5.10 Å². The predicted molar refractivity (Wildman–Crippen MR) is 64.1 cm³/mol. The first kappa shape index (κ1) is 11.1. The number of aryl methyl sites for hydroxylation is 1. The molecule has 0 bridgehead atoms. The molecule has 2 heterocycles. The molecule has 2 fully saturated rings. The van der Waals surface area contributed by atoms with Gasteiger partial charge in [0, 0.05) is 19.4 Å². The predicted octanol–water partition coefficient (Wildman–Crippen LogP) is 2.38. The van der Waals surface area contributed by atoms with Crippen LogP contribution in [-0.2, 0) is 11.3 Å². The van der Waals surface area contributed by atoms with Gasteiger partial charge in [0.15, 0.2) is 5.75 Å². The minimum absolute atomic E-state index is 0.156. The van der Waals surface area contributed by atoms with Crippen LogP contribution in [0.2, 0.25) is 0 Å². The highest BCUT2D eigenvalue weighted by atomic mass is 16.5. The number of rotatable bonds is 3. The molecule has 0 aromatic carbocycles. The summed E-state index contributed by atoms with van der Waals surface area (Å²) in [5.74, 6) is 0.897. The zero-order chi connectivity index (χ0) is 11.7. The maximum atomic E-state index is 6.01. The van der Waals surface area contributed by atoms with E-state index < -0.39 is 0 Å². The zero-order valence-corrected chi connectivity index (χ0v) is 10.4. The van der Waals surface area contributed by atoms with E-state index in [0.29, 0.717) is 6.10 Å². The summed E-state index contributed by atoms with van der Waals surface area (Å²) >= 11 is 0. The molecule has 0 amide bonds. The molecule has 1 saturated carbocycles. The van der Waals surface area contributed by atoms with Crippen molar-refractivity contribution in [1.82, 2.24) is 9.78 Å². The lowest BCUT2D eigenvalue weighted by atomic mass is 9.74. The van der Waals surface area contributed by atoms with E-state index in [1.54, 1.807) is 0 Å². The van der Waals surface area contributed by atoms with Crippen LogP contribution in [0.25, 0.3) is 0 Å². The molecule has 0 radical (unpaired) electrons. The zero-order valence-electron chi connectivity index (χ0n) is 10.4. The summed E-state index contributed by atoms with van der Waals surface area (Å²) in [5, 5.41) is 4.23. The van der Waals surface area contributed by atoms with Crippen molar-refractivity contribution in [3.05, 3.63) is 12.4 Å². The van der Waals surface area contributed by atoms with E-state index in [9.17, 15) is 0 Å². The van der Waals surface area contributed by atoms with Crippen LogP contribution >= 0.6 is 0 Å². The Kier molecular flexibility index (Phi) is 2.82. The molecule has 4 heteroatoms. The number of ether oxygens (including phenoxy) is 2. The SMILES string of the molecule is CCn1cc(OC2CCOC3(CCC3)C2)cn1. The van der Waals surface area contributed by atoms with Crippen molar-refractivity contribution in [2.24, 2.45) is 0 Å². The number of nitrogens with zero attached hydrogens (tertiary/aromatic N) is 2. The number of hydrogen-bond acceptors (Lipinski definition) is 3. The molecule has 1 aromatic heterocycles. The van der Waals surface area contributed by atoms with Crippen molar-refractivity contribution in [1.29, 1.82) is 0 Å². The Morgan fingerprint density at radius 1 is 1.59 bits per heavy atom. The fourth-order valence-electron chi connectivity index (χ4n) is 2.77. The summed E-state index contributed by atoms with van der Waals surface area (Å²) in [6, 6.07) is 0. The molecule has 1 atom stereocenters. The van der Waals surface area contributed by atoms with Gasteiger partial charge in [-0.05, 0) is 26.2 Å². The monoisotopic (exact) mass is 236 g/mol. The summed E-state index contributed by atoms with van der Waals surface area (Å²) in [6.45, 7) is 3.81. The van der Waals surface area contributed by atoms with Gasteiger partial charge in [-0.3, -0.25) is 4.68 Å². The Morgan fingerprint density at radius 3 is 3.12 bits per heavy atom. The Morgan fingerprint density at radius 2 is 2.47 bits per heavy atom. The van der Waals surface area contributed by atoms with Crippen LogP contribution in [0.4, 0.5) is 0 Å². The number of hydrogen-bond donors (Lipinski definition) is 0. The molecule has 1 unspecified atom stereocenters. The van der Waals surface area contributed by atoms with Crippen LogP contribution in [0.1, 0.15) is 39.0 Å². The van der Waals surface area contributed by atoms with Crippen LogP contribution in [0.3, 0.4) is 0 Å². The van der Waals surface area contributed by atoms with Gasteiger partial charge in [-0.1, -0.05) is 0 Å². The Hall–Kier alpha value is -1.03. The largest absolute Gasteiger partial charge is 0.487 e. The molecule has 1 saturated heterocycles. The van der Waals surface area contributed by atoms with Crippen molar-refractivity contribution in [3.8, 4) is 5.75 Å². The maximum Gasteiger partial charge on any atom is 0.157 e. The first-order chi connectivity index (χ1) is 8.30. The van der Waals surface area contributed by atoms with Gasteiger partial charge < -0.3 is 9.47 Å². The third kappa shape index (κ3) is 2.18. The first-order valence-corrected chi connectivity index (χ1v) is 6.63. The molecule has 17 heavy (non-hydrogen) atoms. The first-order valence-electron chi connectivity index (χ1n) is 6.63. The summed E-state index contributed by atoms with van der Waals surface area (Å²) in [7, 11) is 0. The smallest absolute Gasteiger partial charge is 0.157 e. The molecular weight excluding hydrogens is 216 g/mol. The van der Waals surface area contributed by atoms with Gasteiger partial charge >= 0.3 is 0 Å². The molecule has 1 aromatic rings. The quantitative estimate of drug-likeness (QED) is 0.808. The lowest BCUT2D eigenvalue weighted by molar-refractivity contribution is -0.153.